The Bertz CT molecular complexity index is 297. The third kappa shape index (κ3) is 7.58. The van der Waals surface area contributed by atoms with Crippen LogP contribution in [0.25, 0.3) is 6.08 Å². The molecule has 1 aromatic rings. The second-order valence-corrected chi connectivity index (χ2v) is 3.80. The first-order valence-electron chi connectivity index (χ1n) is 6.22. The summed E-state index contributed by atoms with van der Waals surface area (Å²) < 4.78 is 5.66. The van der Waals surface area contributed by atoms with Gasteiger partial charge in [0.2, 0.25) is 0 Å². The number of hydrogen-bond acceptors (Lipinski definition) is 2. The fourth-order valence-electron chi connectivity index (χ4n) is 1.31. The summed E-state index contributed by atoms with van der Waals surface area (Å²) in [5.74, 6) is 0.943. The molecule has 1 rings (SSSR count). The van der Waals surface area contributed by atoms with Gasteiger partial charge in [0.25, 0.3) is 0 Å². The fourth-order valence-corrected chi connectivity index (χ4v) is 1.31. The van der Waals surface area contributed by atoms with Crippen LogP contribution in [-0.4, -0.2) is 20.7 Å². The van der Waals surface area contributed by atoms with Crippen molar-refractivity contribution in [3.8, 4) is 5.75 Å². The SMILES string of the molecule is C=Cc1ccccc1OCCCCC.CNC. The van der Waals surface area contributed by atoms with E-state index in [4.69, 9.17) is 4.74 Å². The standard InChI is InChI=1S/C13H18O.C2H7N/c1-3-5-8-11-14-13-10-7-6-9-12(13)4-2;1-3-2/h4,6-7,9-10H,2-3,5,8,11H2,1H3;3H,1-2H3. The second kappa shape index (κ2) is 11.2. The molecule has 0 unspecified atom stereocenters. The van der Waals surface area contributed by atoms with Gasteiger partial charge in [-0.3, -0.25) is 0 Å². The predicted octanol–water partition coefficient (Wildman–Crippen LogP) is 3.73. The van der Waals surface area contributed by atoms with Crippen molar-refractivity contribution in [3.05, 3.63) is 36.4 Å². The number of hydrogen-bond donors (Lipinski definition) is 1. The molecule has 1 aromatic carbocycles. The molecule has 96 valence electrons. The first-order chi connectivity index (χ1) is 8.29. The maximum absolute atomic E-state index is 5.66. The summed E-state index contributed by atoms with van der Waals surface area (Å²) in [5.41, 5.74) is 1.07. The lowest BCUT2D eigenvalue weighted by Gasteiger charge is -2.08. The quantitative estimate of drug-likeness (QED) is 0.758. The van der Waals surface area contributed by atoms with E-state index in [0.29, 0.717) is 0 Å². The van der Waals surface area contributed by atoms with Gasteiger partial charge in [-0.2, -0.15) is 0 Å². The molecule has 0 heterocycles. The Morgan fingerprint density at radius 3 is 2.47 bits per heavy atom. The van der Waals surface area contributed by atoms with E-state index in [2.05, 4.69) is 18.8 Å². The van der Waals surface area contributed by atoms with Crippen molar-refractivity contribution in [2.24, 2.45) is 0 Å². The van der Waals surface area contributed by atoms with Crippen LogP contribution in [0, 0.1) is 0 Å². The van der Waals surface area contributed by atoms with Crippen LogP contribution in [0.1, 0.15) is 31.7 Å². The van der Waals surface area contributed by atoms with E-state index in [-0.39, 0.29) is 0 Å². The first-order valence-corrected chi connectivity index (χ1v) is 6.22. The maximum atomic E-state index is 5.66. The van der Waals surface area contributed by atoms with Gasteiger partial charge in [-0.15, -0.1) is 0 Å². The van der Waals surface area contributed by atoms with Crippen LogP contribution in [0.4, 0.5) is 0 Å². The minimum Gasteiger partial charge on any atom is -0.493 e. The molecule has 0 atom stereocenters. The molecular formula is C15H25NO. The van der Waals surface area contributed by atoms with E-state index in [0.717, 1.165) is 24.3 Å². The molecule has 1 N–H and O–H groups in total. The summed E-state index contributed by atoms with van der Waals surface area (Å²) in [7, 11) is 3.75. The summed E-state index contributed by atoms with van der Waals surface area (Å²) in [5, 5.41) is 2.75. The topological polar surface area (TPSA) is 21.3 Å². The highest BCUT2D eigenvalue weighted by atomic mass is 16.5. The van der Waals surface area contributed by atoms with Gasteiger partial charge < -0.3 is 10.1 Å². The van der Waals surface area contributed by atoms with Crippen LogP contribution in [0.2, 0.25) is 0 Å². The first kappa shape index (κ1) is 15.7. The summed E-state index contributed by atoms with van der Waals surface area (Å²) >= 11 is 0. The van der Waals surface area contributed by atoms with Gasteiger partial charge in [-0.1, -0.05) is 50.6 Å². The van der Waals surface area contributed by atoms with Gasteiger partial charge in [-0.25, -0.2) is 0 Å². The largest absolute Gasteiger partial charge is 0.493 e. The molecule has 0 aromatic heterocycles. The van der Waals surface area contributed by atoms with Crippen LogP contribution in [0.15, 0.2) is 30.8 Å². The van der Waals surface area contributed by atoms with Crippen molar-refractivity contribution >= 4 is 6.08 Å². The van der Waals surface area contributed by atoms with Gasteiger partial charge in [0.1, 0.15) is 5.75 Å². The van der Waals surface area contributed by atoms with Gasteiger partial charge in [0, 0.05) is 5.56 Å². The molecule has 0 fully saturated rings. The van der Waals surface area contributed by atoms with Crippen molar-refractivity contribution in [2.75, 3.05) is 20.7 Å². The molecule has 0 aliphatic heterocycles. The molecule has 0 saturated carbocycles. The Hall–Kier alpha value is -1.28. The highest BCUT2D eigenvalue weighted by Crippen LogP contribution is 2.18. The van der Waals surface area contributed by atoms with Crippen LogP contribution >= 0.6 is 0 Å². The molecule has 17 heavy (non-hydrogen) atoms. The summed E-state index contributed by atoms with van der Waals surface area (Å²) in [6.45, 7) is 6.75. The van der Waals surface area contributed by atoms with Crippen molar-refractivity contribution < 1.29 is 4.74 Å². The number of nitrogens with one attached hydrogen (secondary N) is 1. The molecule has 0 amide bonds. The zero-order valence-corrected chi connectivity index (χ0v) is 11.3. The van der Waals surface area contributed by atoms with Crippen molar-refractivity contribution in [2.45, 2.75) is 26.2 Å². The monoisotopic (exact) mass is 235 g/mol. The van der Waals surface area contributed by atoms with Gasteiger partial charge >= 0.3 is 0 Å². The lowest BCUT2D eigenvalue weighted by molar-refractivity contribution is 0.305. The van der Waals surface area contributed by atoms with Gasteiger partial charge in [-0.05, 0) is 26.6 Å². The number of para-hydroxylation sites is 1. The molecule has 0 aliphatic carbocycles. The van der Waals surface area contributed by atoms with Crippen molar-refractivity contribution in [1.29, 1.82) is 0 Å². The number of rotatable bonds is 6. The van der Waals surface area contributed by atoms with Gasteiger partial charge in [0.15, 0.2) is 0 Å². The second-order valence-electron chi connectivity index (χ2n) is 3.80. The van der Waals surface area contributed by atoms with E-state index in [1.807, 2.05) is 44.4 Å². The van der Waals surface area contributed by atoms with Crippen LogP contribution < -0.4 is 10.1 Å². The van der Waals surface area contributed by atoms with Crippen LogP contribution in [0.3, 0.4) is 0 Å². The average molecular weight is 235 g/mol. The summed E-state index contributed by atoms with van der Waals surface area (Å²) in [6, 6.07) is 7.99. The molecular weight excluding hydrogens is 210 g/mol. The van der Waals surface area contributed by atoms with E-state index >= 15 is 0 Å². The van der Waals surface area contributed by atoms with Crippen molar-refractivity contribution in [3.63, 3.8) is 0 Å². The molecule has 0 bridgehead atoms. The van der Waals surface area contributed by atoms with E-state index in [9.17, 15) is 0 Å². The lowest BCUT2D eigenvalue weighted by atomic mass is 10.2. The molecule has 2 heteroatoms. The van der Waals surface area contributed by atoms with E-state index in [1.54, 1.807) is 0 Å². The predicted molar refractivity (Wildman–Crippen MR) is 76.5 cm³/mol. The number of unbranched alkanes of at least 4 members (excludes halogenated alkanes) is 2. The van der Waals surface area contributed by atoms with E-state index < -0.39 is 0 Å². The number of benzene rings is 1. The lowest BCUT2D eigenvalue weighted by Crippen LogP contribution is -1.98. The molecule has 0 aliphatic rings. The Kier molecular flexibility index (Phi) is 10.4. The Morgan fingerprint density at radius 2 is 1.88 bits per heavy atom. The third-order valence-corrected chi connectivity index (χ3v) is 2.14. The molecule has 0 saturated heterocycles. The smallest absolute Gasteiger partial charge is 0.126 e. The zero-order chi connectivity index (χ0) is 12.9. The Labute approximate surface area is 106 Å². The third-order valence-electron chi connectivity index (χ3n) is 2.14. The van der Waals surface area contributed by atoms with Gasteiger partial charge in [0.05, 0.1) is 6.61 Å². The highest BCUT2D eigenvalue weighted by molar-refractivity contribution is 5.55. The summed E-state index contributed by atoms with van der Waals surface area (Å²) in [4.78, 5) is 0. The molecule has 2 nitrogen and oxygen atoms in total. The number of ether oxygens (including phenoxy) is 1. The van der Waals surface area contributed by atoms with Crippen LogP contribution in [0.5, 0.6) is 5.75 Å². The normalized spacial score (nSPS) is 9.12. The minimum atomic E-state index is 0.804. The molecule has 0 radical (unpaired) electrons. The van der Waals surface area contributed by atoms with Crippen LogP contribution in [-0.2, 0) is 0 Å². The highest BCUT2D eigenvalue weighted by Gasteiger charge is 1.97. The maximum Gasteiger partial charge on any atom is 0.126 e. The average Bonchev–Trinajstić information content (AvgIpc) is 2.36. The minimum absolute atomic E-state index is 0.804. The fraction of sp³-hybridized carbons (Fsp3) is 0.467. The zero-order valence-electron chi connectivity index (χ0n) is 11.3. The Balaban J connectivity index is 0.000000770. The Morgan fingerprint density at radius 1 is 1.24 bits per heavy atom. The van der Waals surface area contributed by atoms with E-state index in [1.165, 1.54) is 12.8 Å². The van der Waals surface area contributed by atoms with Crippen molar-refractivity contribution in [1.82, 2.24) is 5.32 Å². The molecule has 0 spiro atoms. The summed E-state index contributed by atoms with van der Waals surface area (Å²) in [6.07, 6.45) is 5.42.